The molecule has 9 heavy (non-hydrogen) atoms. The van der Waals surface area contributed by atoms with Crippen LogP contribution in [0.5, 0.6) is 0 Å². The van der Waals surface area contributed by atoms with Crippen LogP contribution in [0.2, 0.25) is 0 Å². The molecule has 0 unspecified atom stereocenters. The third kappa shape index (κ3) is 0.712. The summed E-state index contributed by atoms with van der Waals surface area (Å²) in [5.74, 6) is 1.04. The number of ether oxygens (including phenoxy) is 1. The van der Waals surface area contributed by atoms with Gasteiger partial charge in [0.15, 0.2) is 5.82 Å². The van der Waals surface area contributed by atoms with Crippen molar-refractivity contribution in [1.29, 1.82) is 0 Å². The van der Waals surface area contributed by atoms with Crippen molar-refractivity contribution in [3.63, 3.8) is 0 Å². The highest BCUT2D eigenvalue weighted by molar-refractivity contribution is 4.99. The summed E-state index contributed by atoms with van der Waals surface area (Å²) in [6.45, 7) is 2.52. The number of rotatable bonds is 0. The minimum Gasteiger partial charge on any atom is -0.495 e. The largest absolute Gasteiger partial charge is 0.495 e. The summed E-state index contributed by atoms with van der Waals surface area (Å²) in [6, 6.07) is 0. The van der Waals surface area contributed by atoms with Gasteiger partial charge in [0.1, 0.15) is 12.9 Å². The molecule has 2 heterocycles. The molecule has 2 rings (SSSR count). The van der Waals surface area contributed by atoms with E-state index in [9.17, 15) is 0 Å². The second-order valence-electron chi connectivity index (χ2n) is 2.04. The first-order valence-corrected chi connectivity index (χ1v) is 3.03. The van der Waals surface area contributed by atoms with Crippen molar-refractivity contribution < 1.29 is 4.74 Å². The molecule has 2 aliphatic rings. The number of hydrogen-bond donors (Lipinski definition) is 2. The molecule has 0 amide bonds. The van der Waals surface area contributed by atoms with E-state index in [2.05, 4.69) is 10.7 Å². The molecule has 0 bridgehead atoms. The summed E-state index contributed by atoms with van der Waals surface area (Å²) in [4.78, 5) is 0. The van der Waals surface area contributed by atoms with E-state index in [0.717, 1.165) is 25.6 Å². The van der Waals surface area contributed by atoms with Gasteiger partial charge in [-0.25, -0.2) is 5.43 Å². The van der Waals surface area contributed by atoms with Crippen LogP contribution in [0.3, 0.4) is 0 Å². The third-order valence-electron chi connectivity index (χ3n) is 1.46. The molecule has 4 nitrogen and oxygen atoms in total. The van der Waals surface area contributed by atoms with Gasteiger partial charge in [0.05, 0.1) is 13.2 Å². The Hall–Kier alpha value is -0.900. The van der Waals surface area contributed by atoms with Crippen LogP contribution in [0.15, 0.2) is 12.1 Å². The van der Waals surface area contributed by atoms with E-state index in [1.807, 2.05) is 5.01 Å². The van der Waals surface area contributed by atoms with Crippen molar-refractivity contribution in [1.82, 2.24) is 15.8 Å². The highest BCUT2D eigenvalue weighted by Gasteiger charge is 2.18. The molecule has 0 radical (unpaired) electrons. The summed E-state index contributed by atoms with van der Waals surface area (Å²) < 4.78 is 5.08. The Labute approximate surface area is 53.4 Å². The van der Waals surface area contributed by atoms with Crippen LogP contribution >= 0.6 is 0 Å². The fraction of sp³-hybridized carbons (Fsp3) is 0.600. The molecule has 0 aromatic heterocycles. The van der Waals surface area contributed by atoms with Gasteiger partial charge < -0.3 is 10.1 Å². The lowest BCUT2D eigenvalue weighted by Gasteiger charge is -2.21. The maximum atomic E-state index is 5.08. The third-order valence-corrected chi connectivity index (χ3v) is 1.46. The molecule has 0 aromatic rings. The van der Waals surface area contributed by atoms with Gasteiger partial charge in [0.2, 0.25) is 0 Å². The van der Waals surface area contributed by atoms with Crippen molar-refractivity contribution in [2.75, 3.05) is 19.8 Å². The molecule has 50 valence electrons. The first-order chi connectivity index (χ1) is 4.47. The number of hydrazine groups is 1. The first kappa shape index (κ1) is 4.93. The van der Waals surface area contributed by atoms with Gasteiger partial charge in [-0.3, -0.25) is 5.01 Å². The summed E-state index contributed by atoms with van der Waals surface area (Å²) in [6.07, 6.45) is 1.74. The average Bonchev–Trinajstić information content (AvgIpc) is 2.33. The lowest BCUT2D eigenvalue weighted by atomic mass is 10.5. The molecule has 2 aliphatic heterocycles. The van der Waals surface area contributed by atoms with Gasteiger partial charge in [-0.05, 0) is 0 Å². The predicted octanol–water partition coefficient (Wildman–Crippen LogP) is -0.817. The van der Waals surface area contributed by atoms with E-state index in [4.69, 9.17) is 4.74 Å². The molecular weight excluding hydrogens is 118 g/mol. The van der Waals surface area contributed by atoms with E-state index in [-0.39, 0.29) is 0 Å². The van der Waals surface area contributed by atoms with E-state index in [0.29, 0.717) is 0 Å². The molecule has 0 aromatic carbocycles. The number of nitrogens with zero attached hydrogens (tertiary/aromatic N) is 1. The quantitative estimate of drug-likeness (QED) is 0.446. The van der Waals surface area contributed by atoms with Crippen molar-refractivity contribution in [3.05, 3.63) is 12.1 Å². The summed E-state index contributed by atoms with van der Waals surface area (Å²) in [5, 5.41) is 5.15. The van der Waals surface area contributed by atoms with Gasteiger partial charge in [-0.2, -0.15) is 0 Å². The highest BCUT2D eigenvalue weighted by Crippen LogP contribution is 2.06. The molecule has 0 saturated carbocycles. The molecule has 2 N–H and O–H groups in total. The minimum atomic E-state index is 0.776. The first-order valence-electron chi connectivity index (χ1n) is 3.03. The van der Waals surface area contributed by atoms with Crippen LogP contribution in [0.4, 0.5) is 0 Å². The zero-order valence-electron chi connectivity index (χ0n) is 5.05. The second-order valence-corrected chi connectivity index (χ2v) is 2.04. The lowest BCUT2D eigenvalue weighted by molar-refractivity contribution is 0.144. The van der Waals surface area contributed by atoms with Crippen molar-refractivity contribution in [3.8, 4) is 0 Å². The monoisotopic (exact) mass is 127 g/mol. The number of fused-ring (bicyclic) bond motifs is 1. The van der Waals surface area contributed by atoms with Gasteiger partial charge in [0, 0.05) is 0 Å². The summed E-state index contributed by atoms with van der Waals surface area (Å²) in [5.41, 5.74) is 3.13. The van der Waals surface area contributed by atoms with E-state index in [1.54, 1.807) is 6.26 Å². The van der Waals surface area contributed by atoms with Crippen LogP contribution in [0.25, 0.3) is 0 Å². The Morgan fingerprint density at radius 2 is 2.67 bits per heavy atom. The SMILES string of the molecule is C1=C2NCNN2CCO1. The molecule has 4 heteroatoms. The summed E-state index contributed by atoms with van der Waals surface area (Å²) >= 11 is 0. The van der Waals surface area contributed by atoms with Crippen LogP contribution in [-0.2, 0) is 4.74 Å². The minimum absolute atomic E-state index is 0.776. The zero-order chi connectivity index (χ0) is 6.10. The fourth-order valence-electron chi connectivity index (χ4n) is 0.993. The average molecular weight is 127 g/mol. The highest BCUT2D eigenvalue weighted by atomic mass is 16.5. The molecule has 0 aliphatic carbocycles. The van der Waals surface area contributed by atoms with Gasteiger partial charge in [-0.1, -0.05) is 0 Å². The Morgan fingerprint density at radius 3 is 3.56 bits per heavy atom. The Kier molecular flexibility index (Phi) is 0.989. The topological polar surface area (TPSA) is 36.5 Å². The maximum Gasteiger partial charge on any atom is 0.153 e. The molecule has 0 spiro atoms. The number of hydrogen-bond acceptors (Lipinski definition) is 4. The molecule has 1 saturated heterocycles. The molecular formula is C5H9N3O. The summed E-state index contributed by atoms with van der Waals surface area (Å²) in [7, 11) is 0. The fourth-order valence-corrected chi connectivity index (χ4v) is 0.993. The maximum absolute atomic E-state index is 5.08. The Morgan fingerprint density at radius 1 is 1.67 bits per heavy atom. The van der Waals surface area contributed by atoms with E-state index >= 15 is 0 Å². The van der Waals surface area contributed by atoms with Crippen LogP contribution in [0.1, 0.15) is 0 Å². The van der Waals surface area contributed by atoms with Crippen molar-refractivity contribution >= 4 is 0 Å². The predicted molar refractivity (Wildman–Crippen MR) is 31.9 cm³/mol. The van der Waals surface area contributed by atoms with Gasteiger partial charge in [-0.15, -0.1) is 0 Å². The van der Waals surface area contributed by atoms with Crippen molar-refractivity contribution in [2.24, 2.45) is 0 Å². The van der Waals surface area contributed by atoms with Gasteiger partial charge >= 0.3 is 0 Å². The smallest absolute Gasteiger partial charge is 0.153 e. The van der Waals surface area contributed by atoms with Gasteiger partial charge in [0.25, 0.3) is 0 Å². The van der Waals surface area contributed by atoms with Crippen molar-refractivity contribution in [2.45, 2.75) is 0 Å². The molecule has 1 fully saturated rings. The van der Waals surface area contributed by atoms with Crippen LogP contribution < -0.4 is 10.7 Å². The normalized spacial score (nSPS) is 24.0. The molecule has 0 atom stereocenters. The van der Waals surface area contributed by atoms with E-state index < -0.39 is 0 Å². The second kappa shape index (κ2) is 1.80. The zero-order valence-corrected chi connectivity index (χ0v) is 5.05. The lowest BCUT2D eigenvalue weighted by Crippen LogP contribution is -2.34. The standard InChI is InChI=1S/C5H9N3O/c1-2-9-3-5-6-4-7-8(1)5/h3,6-7H,1-2,4H2. The Balaban J connectivity index is 2.16. The van der Waals surface area contributed by atoms with Crippen LogP contribution in [0, 0.1) is 0 Å². The van der Waals surface area contributed by atoms with Crippen LogP contribution in [-0.4, -0.2) is 24.8 Å². The number of nitrogens with one attached hydrogen (secondary N) is 2. The van der Waals surface area contributed by atoms with E-state index in [1.165, 1.54) is 0 Å². The Bertz CT molecular complexity index is 145.